The summed E-state index contributed by atoms with van der Waals surface area (Å²) >= 11 is 0. The van der Waals surface area contributed by atoms with Crippen LogP contribution in [0.5, 0.6) is 5.75 Å². The van der Waals surface area contributed by atoms with E-state index in [4.69, 9.17) is 5.11 Å². The van der Waals surface area contributed by atoms with E-state index in [0.717, 1.165) is 0 Å². The van der Waals surface area contributed by atoms with Crippen molar-refractivity contribution >= 4 is 12.0 Å². The quantitative estimate of drug-likeness (QED) is 0.710. The van der Waals surface area contributed by atoms with Gasteiger partial charge >= 0.3 is 18.6 Å². The lowest BCUT2D eigenvalue weighted by Crippen LogP contribution is -2.36. The summed E-state index contributed by atoms with van der Waals surface area (Å²) < 4.78 is 28.0. The molecule has 0 spiro atoms. The minimum Gasteiger partial charge on any atom is -0.481 e. The fourth-order valence-electron chi connectivity index (χ4n) is 1.32. The molecule has 0 saturated heterocycles. The summed E-state index contributed by atoms with van der Waals surface area (Å²) in [7, 11) is 0. The zero-order valence-electron chi connectivity index (χ0n) is 10.4. The number of carboxylic acids is 1. The molecule has 0 atom stereocenters. The van der Waals surface area contributed by atoms with Gasteiger partial charge in [0.2, 0.25) is 0 Å². The number of alkyl halides is 2. The molecule has 2 amide bonds. The summed E-state index contributed by atoms with van der Waals surface area (Å²) in [5, 5.41) is 13.3. The Morgan fingerprint density at radius 3 is 2.40 bits per heavy atom. The Kier molecular flexibility index (Phi) is 6.21. The van der Waals surface area contributed by atoms with Crippen molar-refractivity contribution in [2.24, 2.45) is 0 Å². The average Bonchev–Trinajstić information content (AvgIpc) is 2.37. The number of amides is 2. The van der Waals surface area contributed by atoms with Gasteiger partial charge in [-0.1, -0.05) is 12.1 Å². The molecule has 0 aliphatic heterocycles. The highest BCUT2D eigenvalue weighted by Crippen LogP contribution is 2.14. The number of urea groups is 1. The molecule has 0 heterocycles. The smallest absolute Gasteiger partial charge is 0.387 e. The molecule has 0 aliphatic carbocycles. The Hall–Kier alpha value is -2.38. The standard InChI is InChI=1S/C12H14F2N2O4/c13-11(14)20-9-3-1-8(2-4-9)7-16-12(19)15-6-5-10(17)18/h1-4,11H,5-7H2,(H,17,18)(H2,15,16,19). The summed E-state index contributed by atoms with van der Waals surface area (Å²) in [5.41, 5.74) is 0.694. The third-order valence-electron chi connectivity index (χ3n) is 2.23. The Bertz CT molecular complexity index is 451. The first-order valence-electron chi connectivity index (χ1n) is 5.74. The van der Waals surface area contributed by atoms with Crippen molar-refractivity contribution in [2.75, 3.05) is 6.54 Å². The third kappa shape index (κ3) is 6.53. The molecule has 3 N–H and O–H groups in total. The SMILES string of the molecule is O=C(O)CCNC(=O)NCc1ccc(OC(F)F)cc1. The number of ether oxygens (including phenoxy) is 1. The molecule has 1 aromatic carbocycles. The lowest BCUT2D eigenvalue weighted by atomic mass is 10.2. The average molecular weight is 288 g/mol. The third-order valence-corrected chi connectivity index (χ3v) is 2.23. The highest BCUT2D eigenvalue weighted by Gasteiger charge is 2.05. The molecule has 0 radical (unpaired) electrons. The Balaban J connectivity index is 2.30. The van der Waals surface area contributed by atoms with Crippen molar-refractivity contribution in [3.8, 4) is 5.75 Å². The lowest BCUT2D eigenvalue weighted by molar-refractivity contribution is -0.136. The predicted molar refractivity (Wildman–Crippen MR) is 65.6 cm³/mol. The summed E-state index contributed by atoms with van der Waals surface area (Å²) in [6, 6.07) is 5.31. The second-order valence-corrected chi connectivity index (χ2v) is 3.78. The van der Waals surface area contributed by atoms with Crippen LogP contribution in [-0.4, -0.2) is 30.3 Å². The van der Waals surface area contributed by atoms with Crippen LogP contribution >= 0.6 is 0 Å². The summed E-state index contributed by atoms with van der Waals surface area (Å²) in [5.74, 6) is -0.963. The van der Waals surface area contributed by atoms with Crippen molar-refractivity contribution in [1.82, 2.24) is 10.6 Å². The monoisotopic (exact) mass is 288 g/mol. The number of benzene rings is 1. The van der Waals surface area contributed by atoms with Crippen LogP contribution in [0, 0.1) is 0 Å². The van der Waals surface area contributed by atoms with Crippen molar-refractivity contribution in [3.63, 3.8) is 0 Å². The highest BCUT2D eigenvalue weighted by atomic mass is 19.3. The van der Waals surface area contributed by atoms with Crippen molar-refractivity contribution in [2.45, 2.75) is 19.6 Å². The normalized spacial score (nSPS) is 10.2. The molecule has 1 rings (SSSR count). The fraction of sp³-hybridized carbons (Fsp3) is 0.333. The Morgan fingerprint density at radius 1 is 1.20 bits per heavy atom. The van der Waals surface area contributed by atoms with E-state index in [2.05, 4.69) is 15.4 Å². The van der Waals surface area contributed by atoms with E-state index in [1.807, 2.05) is 0 Å². The number of carboxylic acid groups (broad SMARTS) is 1. The van der Waals surface area contributed by atoms with Gasteiger partial charge in [0.1, 0.15) is 5.75 Å². The molecule has 0 aliphatic rings. The van der Waals surface area contributed by atoms with Crippen LogP contribution in [0.25, 0.3) is 0 Å². The number of rotatable bonds is 7. The summed E-state index contributed by atoms with van der Waals surface area (Å²) in [6.07, 6.45) is -0.160. The fourth-order valence-corrected chi connectivity index (χ4v) is 1.32. The molecule has 1 aromatic rings. The largest absolute Gasteiger partial charge is 0.481 e. The van der Waals surface area contributed by atoms with E-state index in [9.17, 15) is 18.4 Å². The number of aliphatic carboxylic acids is 1. The maximum Gasteiger partial charge on any atom is 0.387 e. The van der Waals surface area contributed by atoms with Gasteiger partial charge in [-0.25, -0.2) is 4.79 Å². The van der Waals surface area contributed by atoms with Gasteiger partial charge in [0, 0.05) is 13.1 Å². The minimum absolute atomic E-state index is 0.0301. The predicted octanol–water partition coefficient (Wildman–Crippen LogP) is 1.56. The zero-order chi connectivity index (χ0) is 15.0. The first-order valence-corrected chi connectivity index (χ1v) is 5.74. The van der Waals surface area contributed by atoms with Gasteiger partial charge in [0.15, 0.2) is 0 Å². The van der Waals surface area contributed by atoms with Gasteiger partial charge in [0.25, 0.3) is 0 Å². The number of halogens is 2. The zero-order valence-corrected chi connectivity index (χ0v) is 10.4. The van der Waals surface area contributed by atoms with E-state index >= 15 is 0 Å². The molecule has 0 bridgehead atoms. The van der Waals surface area contributed by atoms with Crippen LogP contribution in [0.3, 0.4) is 0 Å². The maximum atomic E-state index is 11.9. The van der Waals surface area contributed by atoms with Gasteiger partial charge in [-0.15, -0.1) is 0 Å². The van der Waals surface area contributed by atoms with Crippen LogP contribution < -0.4 is 15.4 Å². The molecular formula is C12H14F2N2O4. The molecule has 0 unspecified atom stereocenters. The van der Waals surface area contributed by atoms with Gasteiger partial charge in [-0.3, -0.25) is 4.79 Å². The first-order chi connectivity index (χ1) is 9.47. The van der Waals surface area contributed by atoms with Gasteiger partial charge in [0.05, 0.1) is 6.42 Å². The molecular weight excluding hydrogens is 274 g/mol. The topological polar surface area (TPSA) is 87.7 Å². The van der Waals surface area contributed by atoms with Crippen LogP contribution in [0.15, 0.2) is 24.3 Å². The van der Waals surface area contributed by atoms with E-state index in [1.54, 1.807) is 0 Å². The Morgan fingerprint density at radius 2 is 1.85 bits per heavy atom. The second kappa shape index (κ2) is 7.93. The number of carbonyl (C=O) groups is 2. The van der Waals surface area contributed by atoms with E-state index in [0.29, 0.717) is 5.56 Å². The van der Waals surface area contributed by atoms with Crippen molar-refractivity contribution in [1.29, 1.82) is 0 Å². The first kappa shape index (κ1) is 15.7. The van der Waals surface area contributed by atoms with Crippen LogP contribution in [-0.2, 0) is 11.3 Å². The number of nitrogens with one attached hydrogen (secondary N) is 2. The highest BCUT2D eigenvalue weighted by molar-refractivity contribution is 5.74. The summed E-state index contributed by atoms with van der Waals surface area (Å²) in [6.45, 7) is -2.66. The molecule has 8 heteroatoms. The van der Waals surface area contributed by atoms with Crippen molar-refractivity contribution < 1.29 is 28.2 Å². The van der Waals surface area contributed by atoms with Crippen LogP contribution in [0.4, 0.5) is 13.6 Å². The maximum absolute atomic E-state index is 11.9. The van der Waals surface area contributed by atoms with E-state index in [-0.39, 0.29) is 25.3 Å². The molecule has 6 nitrogen and oxygen atoms in total. The number of hydrogen-bond acceptors (Lipinski definition) is 3. The van der Waals surface area contributed by atoms with E-state index < -0.39 is 18.6 Å². The Labute approximate surface area is 113 Å². The summed E-state index contributed by atoms with van der Waals surface area (Å²) in [4.78, 5) is 21.5. The van der Waals surface area contributed by atoms with Crippen molar-refractivity contribution in [3.05, 3.63) is 29.8 Å². The van der Waals surface area contributed by atoms with Gasteiger partial charge < -0.3 is 20.5 Å². The molecule has 0 saturated carbocycles. The molecule has 20 heavy (non-hydrogen) atoms. The lowest BCUT2D eigenvalue weighted by Gasteiger charge is -2.08. The molecule has 0 fully saturated rings. The minimum atomic E-state index is -2.88. The van der Waals surface area contributed by atoms with E-state index in [1.165, 1.54) is 24.3 Å². The van der Waals surface area contributed by atoms with Crippen LogP contribution in [0.2, 0.25) is 0 Å². The molecule has 110 valence electrons. The number of hydrogen-bond donors (Lipinski definition) is 3. The van der Waals surface area contributed by atoms with Crippen LogP contribution in [0.1, 0.15) is 12.0 Å². The molecule has 0 aromatic heterocycles. The van der Waals surface area contributed by atoms with Gasteiger partial charge in [-0.2, -0.15) is 8.78 Å². The van der Waals surface area contributed by atoms with Gasteiger partial charge in [-0.05, 0) is 17.7 Å². The second-order valence-electron chi connectivity index (χ2n) is 3.78. The number of carbonyl (C=O) groups excluding carboxylic acids is 1.